The predicted octanol–water partition coefficient (Wildman–Crippen LogP) is 5.27. The van der Waals surface area contributed by atoms with Crippen LogP contribution in [-0.2, 0) is 4.43 Å². The monoisotopic (exact) mass is 453 g/mol. The fourth-order valence-electron chi connectivity index (χ4n) is 5.23. The maximum absolute atomic E-state index is 11.3. The molecular formula is C27H39NO3Si. The molecule has 2 N–H and O–H groups in total. The highest BCUT2D eigenvalue weighted by atomic mass is 28.4. The lowest BCUT2D eigenvalue weighted by Gasteiger charge is -2.43. The van der Waals surface area contributed by atoms with Crippen molar-refractivity contribution in [2.45, 2.75) is 65.0 Å². The van der Waals surface area contributed by atoms with E-state index in [9.17, 15) is 9.90 Å². The van der Waals surface area contributed by atoms with E-state index in [2.05, 4.69) is 101 Å². The lowest BCUT2D eigenvalue weighted by atomic mass is 9.98. The summed E-state index contributed by atoms with van der Waals surface area (Å²) < 4.78 is 7.01. The minimum atomic E-state index is -2.50. The predicted molar refractivity (Wildman–Crippen MR) is 134 cm³/mol. The van der Waals surface area contributed by atoms with Crippen LogP contribution in [-0.4, -0.2) is 32.2 Å². The average molecular weight is 454 g/mol. The number of hydrogen-bond donors (Lipinski definition) is 2. The van der Waals surface area contributed by atoms with Gasteiger partial charge in [0.15, 0.2) is 0 Å². The fraction of sp³-hybridized carbons (Fsp3) is 0.519. The molecule has 2 unspecified atom stereocenters. The number of carbonyl (C=O) groups is 1. The van der Waals surface area contributed by atoms with Crippen LogP contribution in [0.3, 0.4) is 0 Å². The summed E-state index contributed by atoms with van der Waals surface area (Å²) in [7, 11) is -2.50. The lowest BCUT2D eigenvalue weighted by molar-refractivity contribution is 0.184. The molecule has 3 rings (SSSR count). The Morgan fingerprint density at radius 2 is 1.59 bits per heavy atom. The lowest BCUT2D eigenvalue weighted by Crippen LogP contribution is -2.66. The first-order valence-corrected chi connectivity index (χ1v) is 13.8. The van der Waals surface area contributed by atoms with Gasteiger partial charge in [-0.15, -0.1) is 0 Å². The Morgan fingerprint density at radius 3 is 2.03 bits per heavy atom. The summed E-state index contributed by atoms with van der Waals surface area (Å²) in [6, 6.07) is 21.5. The third kappa shape index (κ3) is 5.62. The van der Waals surface area contributed by atoms with E-state index in [0.717, 1.165) is 19.3 Å². The Hall–Kier alpha value is -2.11. The number of nitrogens with one attached hydrogen (secondary N) is 1. The molecule has 1 aliphatic rings. The fourth-order valence-corrected chi connectivity index (χ4v) is 9.81. The molecule has 1 aliphatic carbocycles. The van der Waals surface area contributed by atoms with E-state index in [4.69, 9.17) is 4.43 Å². The molecular weight excluding hydrogens is 414 g/mol. The summed E-state index contributed by atoms with van der Waals surface area (Å²) in [5, 5.41) is 14.6. The van der Waals surface area contributed by atoms with Crippen LogP contribution in [0.2, 0.25) is 5.04 Å². The van der Waals surface area contributed by atoms with Crippen molar-refractivity contribution in [3.8, 4) is 0 Å². The van der Waals surface area contributed by atoms with Gasteiger partial charge in [0.25, 0.3) is 8.32 Å². The van der Waals surface area contributed by atoms with Gasteiger partial charge < -0.3 is 14.8 Å². The summed E-state index contributed by atoms with van der Waals surface area (Å²) in [6.45, 7) is 11.9. The first-order valence-electron chi connectivity index (χ1n) is 11.9. The van der Waals surface area contributed by atoms with Gasteiger partial charge in [-0.05, 0) is 52.4 Å². The summed E-state index contributed by atoms with van der Waals surface area (Å²) in [5.41, 5.74) is 0. The van der Waals surface area contributed by atoms with Crippen molar-refractivity contribution in [1.82, 2.24) is 5.32 Å². The van der Waals surface area contributed by atoms with E-state index in [-0.39, 0.29) is 11.1 Å². The quantitative estimate of drug-likeness (QED) is 0.482. The molecule has 2 aromatic rings. The summed E-state index contributed by atoms with van der Waals surface area (Å²) in [5.74, 6) is 1.43. The SMILES string of the molecule is CC(C)C[C@H](NC(=O)O)C1CC1CCO[Si](c1ccccc1)(c1ccccc1)C(C)(C)C. The second kappa shape index (κ2) is 10.2. The van der Waals surface area contributed by atoms with E-state index in [1.54, 1.807) is 0 Å². The number of hydrogen-bond acceptors (Lipinski definition) is 2. The highest BCUT2D eigenvalue weighted by Crippen LogP contribution is 2.46. The van der Waals surface area contributed by atoms with Gasteiger partial charge in [-0.25, -0.2) is 4.79 Å². The summed E-state index contributed by atoms with van der Waals surface area (Å²) >= 11 is 0. The molecule has 5 heteroatoms. The van der Waals surface area contributed by atoms with Crippen molar-refractivity contribution in [1.29, 1.82) is 0 Å². The summed E-state index contributed by atoms with van der Waals surface area (Å²) in [4.78, 5) is 11.3. The maximum atomic E-state index is 11.3. The van der Waals surface area contributed by atoms with Crippen LogP contribution in [0.15, 0.2) is 60.7 Å². The van der Waals surface area contributed by atoms with Gasteiger partial charge in [-0.3, -0.25) is 0 Å². The van der Waals surface area contributed by atoms with Gasteiger partial charge in [0.2, 0.25) is 0 Å². The van der Waals surface area contributed by atoms with Crippen LogP contribution in [0.1, 0.15) is 53.9 Å². The second-order valence-electron chi connectivity index (χ2n) is 10.6. The van der Waals surface area contributed by atoms with Crippen molar-refractivity contribution < 1.29 is 14.3 Å². The van der Waals surface area contributed by atoms with E-state index >= 15 is 0 Å². The molecule has 0 spiro atoms. The number of benzene rings is 2. The molecule has 0 radical (unpaired) electrons. The Balaban J connectivity index is 1.77. The molecule has 4 nitrogen and oxygen atoms in total. The molecule has 174 valence electrons. The molecule has 3 atom stereocenters. The molecule has 1 saturated carbocycles. The van der Waals surface area contributed by atoms with E-state index in [1.807, 2.05) is 0 Å². The Kier molecular flexibility index (Phi) is 7.83. The molecule has 0 aromatic heterocycles. The van der Waals surface area contributed by atoms with Crippen LogP contribution < -0.4 is 15.7 Å². The van der Waals surface area contributed by atoms with Crippen molar-refractivity contribution in [2.24, 2.45) is 17.8 Å². The Labute approximate surface area is 194 Å². The van der Waals surface area contributed by atoms with Gasteiger partial charge >= 0.3 is 6.09 Å². The molecule has 0 bridgehead atoms. The van der Waals surface area contributed by atoms with Crippen LogP contribution in [0.4, 0.5) is 4.79 Å². The van der Waals surface area contributed by atoms with Crippen molar-refractivity contribution in [2.75, 3.05) is 6.61 Å². The topological polar surface area (TPSA) is 58.6 Å². The van der Waals surface area contributed by atoms with E-state index in [0.29, 0.717) is 24.4 Å². The number of rotatable bonds is 10. The van der Waals surface area contributed by atoms with E-state index in [1.165, 1.54) is 10.4 Å². The first kappa shape index (κ1) is 24.5. The van der Waals surface area contributed by atoms with Crippen molar-refractivity contribution >= 4 is 24.8 Å². The maximum Gasteiger partial charge on any atom is 0.404 e. The third-order valence-corrected chi connectivity index (χ3v) is 11.8. The van der Waals surface area contributed by atoms with Gasteiger partial charge in [0.1, 0.15) is 0 Å². The van der Waals surface area contributed by atoms with Crippen LogP contribution in [0.25, 0.3) is 0 Å². The largest absolute Gasteiger partial charge is 0.465 e. The zero-order chi connectivity index (χ0) is 23.4. The Bertz CT molecular complexity index is 824. The number of carboxylic acid groups (broad SMARTS) is 1. The van der Waals surface area contributed by atoms with Gasteiger partial charge in [-0.1, -0.05) is 95.3 Å². The smallest absolute Gasteiger partial charge is 0.404 e. The van der Waals surface area contributed by atoms with Gasteiger partial charge in [0.05, 0.1) is 0 Å². The molecule has 32 heavy (non-hydrogen) atoms. The second-order valence-corrected chi connectivity index (χ2v) is 15.0. The van der Waals surface area contributed by atoms with Gasteiger partial charge in [-0.2, -0.15) is 0 Å². The molecule has 1 amide bonds. The van der Waals surface area contributed by atoms with Crippen LogP contribution in [0, 0.1) is 17.8 Å². The average Bonchev–Trinajstić information content (AvgIpc) is 3.50. The highest BCUT2D eigenvalue weighted by molar-refractivity contribution is 6.99. The normalized spacial score (nSPS) is 19.6. The van der Waals surface area contributed by atoms with Gasteiger partial charge in [0, 0.05) is 12.6 Å². The van der Waals surface area contributed by atoms with Crippen molar-refractivity contribution in [3.63, 3.8) is 0 Å². The molecule has 0 heterocycles. The minimum absolute atomic E-state index is 0.0241. The van der Waals surface area contributed by atoms with Crippen molar-refractivity contribution in [3.05, 3.63) is 60.7 Å². The zero-order valence-corrected chi connectivity index (χ0v) is 21.2. The standard InChI is InChI=1S/C27H39NO3Si/c1-20(2)18-25(28-26(29)30)24-19-21(24)16-17-31-32(27(3,4)5,22-12-8-6-9-13-22)23-14-10-7-11-15-23/h6-15,20-21,24-25,28H,16-19H2,1-5H3,(H,29,30)/t21?,24?,25-/m0/s1. The molecule has 1 fully saturated rings. The zero-order valence-electron chi connectivity index (χ0n) is 20.2. The third-order valence-electron chi connectivity index (χ3n) is 6.75. The van der Waals surface area contributed by atoms with Crippen LogP contribution in [0.5, 0.6) is 0 Å². The molecule has 0 saturated heterocycles. The number of amides is 1. The first-order chi connectivity index (χ1) is 15.1. The molecule has 0 aliphatic heterocycles. The summed E-state index contributed by atoms with van der Waals surface area (Å²) in [6.07, 6.45) is 2.04. The van der Waals surface area contributed by atoms with Crippen LogP contribution >= 0.6 is 0 Å². The molecule has 2 aromatic carbocycles. The highest BCUT2D eigenvalue weighted by Gasteiger charge is 2.50. The Morgan fingerprint density at radius 1 is 1.06 bits per heavy atom. The minimum Gasteiger partial charge on any atom is -0.465 e. The van der Waals surface area contributed by atoms with E-state index < -0.39 is 14.4 Å².